The molecule has 0 aliphatic heterocycles. The highest BCUT2D eigenvalue weighted by Gasteiger charge is 2.20. The molecule has 3 aromatic rings. The second kappa shape index (κ2) is 6.64. The van der Waals surface area contributed by atoms with Crippen molar-refractivity contribution >= 4 is 62.7 Å². The van der Waals surface area contributed by atoms with Crippen LogP contribution in [0.4, 0.5) is 4.79 Å². The number of halogens is 1. The zero-order chi connectivity index (χ0) is 17.5. The molecule has 0 unspecified atom stereocenters. The van der Waals surface area contributed by atoms with Gasteiger partial charge in [-0.1, -0.05) is 23.1 Å². The molecule has 126 valence electrons. The van der Waals surface area contributed by atoms with E-state index in [-0.39, 0.29) is 6.09 Å². The minimum absolute atomic E-state index is 0.372. The maximum atomic E-state index is 12.4. The lowest BCUT2D eigenvalue weighted by molar-refractivity contribution is 0.0544. The number of benzene rings is 1. The van der Waals surface area contributed by atoms with Gasteiger partial charge in [0.05, 0.1) is 5.52 Å². The molecule has 5 nitrogen and oxygen atoms in total. The van der Waals surface area contributed by atoms with E-state index in [2.05, 4.69) is 32.8 Å². The van der Waals surface area contributed by atoms with Crippen molar-refractivity contribution in [3.8, 4) is 10.6 Å². The van der Waals surface area contributed by atoms with Crippen LogP contribution in [0.5, 0.6) is 0 Å². The molecule has 0 spiro atoms. The monoisotopic (exact) mass is 473 g/mol. The van der Waals surface area contributed by atoms with E-state index in [0.717, 1.165) is 29.4 Å². The molecule has 0 saturated carbocycles. The number of nitrogens with zero attached hydrogens (tertiary/aromatic N) is 3. The van der Waals surface area contributed by atoms with Crippen LogP contribution in [0.25, 0.3) is 21.5 Å². The molecule has 0 N–H and O–H groups in total. The molecular formula is C16H16IN3O2S2. The van der Waals surface area contributed by atoms with E-state index in [0.29, 0.717) is 0 Å². The molecule has 3 rings (SSSR count). The van der Waals surface area contributed by atoms with E-state index < -0.39 is 5.60 Å². The van der Waals surface area contributed by atoms with Crippen LogP contribution in [-0.4, -0.2) is 32.7 Å². The number of aromatic nitrogens is 3. The molecule has 24 heavy (non-hydrogen) atoms. The third kappa shape index (κ3) is 3.60. The van der Waals surface area contributed by atoms with Gasteiger partial charge < -0.3 is 4.74 Å². The maximum Gasteiger partial charge on any atom is 0.419 e. The summed E-state index contributed by atoms with van der Waals surface area (Å²) in [5.74, 6) is 0. The van der Waals surface area contributed by atoms with Crippen LogP contribution in [0.15, 0.2) is 28.7 Å². The van der Waals surface area contributed by atoms with Crippen LogP contribution >= 0.6 is 45.7 Å². The standard InChI is InChI=1S/C16H16IN3O2S2/c1-16(2,3)22-15(21)20-8-11(17)10-7-9(5-6-12(10)20)13-18-19-14(23-4)24-13/h5-8H,1-4H3. The Bertz CT molecular complexity index is 912. The summed E-state index contributed by atoms with van der Waals surface area (Å²) in [6, 6.07) is 5.93. The van der Waals surface area contributed by atoms with Gasteiger partial charge in [-0.2, -0.15) is 0 Å². The van der Waals surface area contributed by atoms with Gasteiger partial charge >= 0.3 is 6.09 Å². The highest BCUT2D eigenvalue weighted by atomic mass is 127. The Balaban J connectivity index is 2.02. The number of thioether (sulfide) groups is 1. The first-order chi connectivity index (χ1) is 11.3. The summed E-state index contributed by atoms with van der Waals surface area (Å²) in [5, 5.41) is 10.2. The molecule has 0 bridgehead atoms. The third-order valence-corrected chi connectivity index (χ3v) is 5.98. The lowest BCUT2D eigenvalue weighted by Crippen LogP contribution is -2.26. The van der Waals surface area contributed by atoms with Crippen molar-refractivity contribution in [2.75, 3.05) is 6.26 Å². The fraction of sp³-hybridized carbons (Fsp3) is 0.312. The summed E-state index contributed by atoms with van der Waals surface area (Å²) in [4.78, 5) is 12.4. The fourth-order valence-electron chi connectivity index (χ4n) is 2.19. The van der Waals surface area contributed by atoms with Crippen molar-refractivity contribution in [1.29, 1.82) is 0 Å². The molecule has 0 amide bonds. The van der Waals surface area contributed by atoms with Crippen LogP contribution in [0, 0.1) is 3.57 Å². The van der Waals surface area contributed by atoms with Gasteiger partial charge in [-0.25, -0.2) is 4.79 Å². The summed E-state index contributed by atoms with van der Waals surface area (Å²) >= 11 is 5.38. The normalized spacial score (nSPS) is 11.9. The predicted octanol–water partition coefficient (Wildman–Crippen LogP) is 5.27. The van der Waals surface area contributed by atoms with Crippen molar-refractivity contribution in [1.82, 2.24) is 14.8 Å². The highest BCUT2D eigenvalue weighted by Crippen LogP contribution is 2.32. The number of rotatable bonds is 2. The van der Waals surface area contributed by atoms with Gasteiger partial charge in [0, 0.05) is 20.7 Å². The SMILES string of the molecule is CSc1nnc(-c2ccc3c(c2)c(I)cn3C(=O)OC(C)(C)C)s1. The van der Waals surface area contributed by atoms with Crippen LogP contribution < -0.4 is 0 Å². The number of ether oxygens (including phenoxy) is 1. The van der Waals surface area contributed by atoms with Crippen LogP contribution in [0.3, 0.4) is 0 Å². The molecule has 2 heterocycles. The van der Waals surface area contributed by atoms with Crippen molar-refractivity contribution < 1.29 is 9.53 Å². The van der Waals surface area contributed by atoms with Crippen molar-refractivity contribution in [2.24, 2.45) is 0 Å². The average Bonchev–Trinajstić information content (AvgIpc) is 3.10. The first-order valence-corrected chi connectivity index (χ1v) is 10.3. The predicted molar refractivity (Wildman–Crippen MR) is 107 cm³/mol. The van der Waals surface area contributed by atoms with Gasteiger partial charge in [0.2, 0.25) is 0 Å². The van der Waals surface area contributed by atoms with Crippen LogP contribution in [-0.2, 0) is 4.74 Å². The number of fused-ring (bicyclic) bond motifs is 1. The lowest BCUT2D eigenvalue weighted by Gasteiger charge is -2.19. The molecule has 0 aliphatic rings. The lowest BCUT2D eigenvalue weighted by atomic mass is 10.1. The van der Waals surface area contributed by atoms with E-state index in [1.807, 2.05) is 45.2 Å². The van der Waals surface area contributed by atoms with E-state index >= 15 is 0 Å². The number of hydrogen-bond acceptors (Lipinski definition) is 6. The smallest absolute Gasteiger partial charge is 0.419 e. The number of carbonyl (C=O) groups is 1. The van der Waals surface area contributed by atoms with Crippen molar-refractivity contribution in [3.63, 3.8) is 0 Å². The number of carbonyl (C=O) groups excluding carboxylic acids is 1. The molecular weight excluding hydrogens is 457 g/mol. The Morgan fingerprint density at radius 1 is 1.33 bits per heavy atom. The van der Waals surface area contributed by atoms with Crippen molar-refractivity contribution in [3.05, 3.63) is 28.0 Å². The van der Waals surface area contributed by atoms with Gasteiger partial charge in [0.15, 0.2) is 4.34 Å². The average molecular weight is 473 g/mol. The highest BCUT2D eigenvalue weighted by molar-refractivity contribution is 14.1. The fourth-order valence-corrected chi connectivity index (χ4v) is 4.17. The first kappa shape index (κ1) is 17.7. The third-order valence-electron chi connectivity index (χ3n) is 3.17. The second-order valence-corrected chi connectivity index (χ2v) is 9.33. The first-order valence-electron chi connectivity index (χ1n) is 7.20. The van der Waals surface area contributed by atoms with E-state index in [1.54, 1.807) is 33.9 Å². The van der Waals surface area contributed by atoms with E-state index in [1.165, 1.54) is 0 Å². The number of hydrogen-bond donors (Lipinski definition) is 0. The molecule has 0 fully saturated rings. The van der Waals surface area contributed by atoms with Gasteiger partial charge in [-0.3, -0.25) is 4.57 Å². The van der Waals surface area contributed by atoms with Gasteiger partial charge in [-0.15, -0.1) is 10.2 Å². The summed E-state index contributed by atoms with van der Waals surface area (Å²) in [7, 11) is 0. The summed E-state index contributed by atoms with van der Waals surface area (Å²) in [6.07, 6.45) is 3.41. The van der Waals surface area contributed by atoms with Crippen molar-refractivity contribution in [2.45, 2.75) is 30.7 Å². The molecule has 0 aliphatic carbocycles. The zero-order valence-electron chi connectivity index (χ0n) is 13.7. The summed E-state index contributed by atoms with van der Waals surface area (Å²) < 4.78 is 8.96. The molecule has 2 aromatic heterocycles. The Kier molecular flexibility index (Phi) is 4.89. The van der Waals surface area contributed by atoms with Gasteiger partial charge in [0.1, 0.15) is 10.6 Å². The Morgan fingerprint density at radius 3 is 2.71 bits per heavy atom. The Labute approximate surface area is 161 Å². The molecule has 0 saturated heterocycles. The van der Waals surface area contributed by atoms with Crippen LogP contribution in [0.1, 0.15) is 20.8 Å². The minimum Gasteiger partial charge on any atom is -0.443 e. The molecule has 1 aromatic carbocycles. The second-order valence-electron chi connectivity index (χ2n) is 6.14. The summed E-state index contributed by atoms with van der Waals surface area (Å²) in [5.41, 5.74) is 1.30. The topological polar surface area (TPSA) is 57.0 Å². The van der Waals surface area contributed by atoms with E-state index in [9.17, 15) is 4.79 Å². The Hall–Kier alpha value is -1.13. The van der Waals surface area contributed by atoms with Crippen LogP contribution in [0.2, 0.25) is 0 Å². The maximum absolute atomic E-state index is 12.4. The Morgan fingerprint density at radius 2 is 2.08 bits per heavy atom. The molecule has 0 atom stereocenters. The minimum atomic E-state index is -0.528. The largest absolute Gasteiger partial charge is 0.443 e. The van der Waals surface area contributed by atoms with Gasteiger partial charge in [0.25, 0.3) is 0 Å². The summed E-state index contributed by atoms with van der Waals surface area (Å²) in [6.45, 7) is 5.58. The molecule has 0 radical (unpaired) electrons. The zero-order valence-corrected chi connectivity index (χ0v) is 17.5. The molecule has 8 heteroatoms. The van der Waals surface area contributed by atoms with E-state index in [4.69, 9.17) is 4.74 Å². The quantitative estimate of drug-likeness (QED) is 0.375. The van der Waals surface area contributed by atoms with Gasteiger partial charge in [-0.05, 0) is 67.8 Å².